The summed E-state index contributed by atoms with van der Waals surface area (Å²) in [7, 11) is 0. The number of nitrogen functional groups attached to an aromatic ring is 1. The van der Waals surface area contributed by atoms with E-state index in [0.717, 1.165) is 11.5 Å². The van der Waals surface area contributed by atoms with Gasteiger partial charge in [0.15, 0.2) is 0 Å². The number of amides is 1. The van der Waals surface area contributed by atoms with Crippen LogP contribution in [0.5, 0.6) is 0 Å². The average Bonchev–Trinajstić information content (AvgIpc) is 2.36. The zero-order valence-corrected chi connectivity index (χ0v) is 11.8. The third-order valence-corrected chi connectivity index (χ3v) is 3.67. The predicted octanol–water partition coefficient (Wildman–Crippen LogP) is 3.52. The van der Waals surface area contributed by atoms with Crippen LogP contribution in [0, 0.1) is 0 Å². The zero-order valence-electron chi connectivity index (χ0n) is 10.9. The molecule has 0 aliphatic rings. The van der Waals surface area contributed by atoms with Crippen molar-refractivity contribution in [2.75, 3.05) is 22.6 Å². The molecule has 0 saturated heterocycles. The molecule has 0 spiro atoms. The van der Waals surface area contributed by atoms with E-state index in [1.165, 1.54) is 19.3 Å². The fourth-order valence-corrected chi connectivity index (χ4v) is 2.49. The highest BCUT2D eigenvalue weighted by Gasteiger charge is 2.04. The van der Waals surface area contributed by atoms with Crippen LogP contribution in [0.3, 0.4) is 0 Å². The lowest BCUT2D eigenvalue weighted by molar-refractivity contribution is -0.115. The predicted molar refractivity (Wildman–Crippen MR) is 81.0 cm³/mol. The smallest absolute Gasteiger partial charge is 0.225 e. The van der Waals surface area contributed by atoms with Gasteiger partial charge in [-0.3, -0.25) is 4.79 Å². The van der Waals surface area contributed by atoms with E-state index < -0.39 is 0 Å². The first kappa shape index (κ1) is 14.9. The van der Waals surface area contributed by atoms with Crippen LogP contribution in [0.15, 0.2) is 24.3 Å². The lowest BCUT2D eigenvalue weighted by atomic mass is 10.2. The molecule has 0 atom stereocenters. The molecule has 0 heterocycles. The number of nitrogens with one attached hydrogen (secondary N) is 1. The molecule has 0 unspecified atom stereocenters. The van der Waals surface area contributed by atoms with Crippen LogP contribution in [0.1, 0.15) is 32.6 Å². The van der Waals surface area contributed by atoms with Gasteiger partial charge in [-0.2, -0.15) is 11.8 Å². The summed E-state index contributed by atoms with van der Waals surface area (Å²) in [6, 6.07) is 7.33. The SMILES string of the molecule is CCCCCSCCC(=O)Nc1ccccc1N. The number of carbonyl (C=O) groups excluding carboxylic acids is 1. The number of benzene rings is 1. The van der Waals surface area contributed by atoms with Gasteiger partial charge in [0.05, 0.1) is 11.4 Å². The zero-order chi connectivity index (χ0) is 13.2. The summed E-state index contributed by atoms with van der Waals surface area (Å²) in [6.45, 7) is 2.20. The molecule has 4 heteroatoms. The van der Waals surface area contributed by atoms with Gasteiger partial charge in [-0.05, 0) is 24.3 Å². The van der Waals surface area contributed by atoms with E-state index in [2.05, 4.69) is 12.2 Å². The molecule has 0 aromatic heterocycles. The van der Waals surface area contributed by atoms with Gasteiger partial charge in [0.1, 0.15) is 0 Å². The van der Waals surface area contributed by atoms with Crippen LogP contribution < -0.4 is 11.1 Å². The monoisotopic (exact) mass is 266 g/mol. The molecule has 3 N–H and O–H groups in total. The molecule has 0 saturated carbocycles. The van der Waals surface area contributed by atoms with Gasteiger partial charge in [0.2, 0.25) is 5.91 Å². The van der Waals surface area contributed by atoms with Crippen molar-refractivity contribution in [1.82, 2.24) is 0 Å². The third-order valence-electron chi connectivity index (χ3n) is 2.60. The summed E-state index contributed by atoms with van der Waals surface area (Å²) in [6.07, 6.45) is 4.31. The highest BCUT2D eigenvalue weighted by Crippen LogP contribution is 2.17. The maximum atomic E-state index is 11.7. The van der Waals surface area contributed by atoms with E-state index in [4.69, 9.17) is 5.73 Å². The van der Waals surface area contributed by atoms with Crippen molar-refractivity contribution in [3.63, 3.8) is 0 Å². The highest BCUT2D eigenvalue weighted by atomic mass is 32.2. The second-order valence-corrected chi connectivity index (χ2v) is 5.43. The summed E-state index contributed by atoms with van der Waals surface area (Å²) < 4.78 is 0. The third kappa shape index (κ3) is 5.96. The fourth-order valence-electron chi connectivity index (χ4n) is 1.54. The molecule has 1 aromatic carbocycles. The molecule has 100 valence electrons. The molecule has 18 heavy (non-hydrogen) atoms. The normalized spacial score (nSPS) is 10.3. The van der Waals surface area contributed by atoms with Crippen LogP contribution in [0.4, 0.5) is 11.4 Å². The molecule has 1 rings (SSSR count). The first-order chi connectivity index (χ1) is 8.74. The minimum atomic E-state index is 0.0379. The van der Waals surface area contributed by atoms with E-state index in [1.54, 1.807) is 6.07 Å². The molecule has 0 radical (unpaired) electrons. The van der Waals surface area contributed by atoms with Crippen LogP contribution in [0.2, 0.25) is 0 Å². The Hall–Kier alpha value is -1.16. The van der Waals surface area contributed by atoms with Gasteiger partial charge in [-0.1, -0.05) is 31.9 Å². The van der Waals surface area contributed by atoms with E-state index in [9.17, 15) is 4.79 Å². The minimum absolute atomic E-state index is 0.0379. The Balaban J connectivity index is 2.16. The molecule has 0 aliphatic carbocycles. The summed E-state index contributed by atoms with van der Waals surface area (Å²) in [4.78, 5) is 11.7. The minimum Gasteiger partial charge on any atom is -0.397 e. The average molecular weight is 266 g/mol. The first-order valence-electron chi connectivity index (χ1n) is 6.46. The Bertz CT molecular complexity index is 369. The number of para-hydroxylation sites is 2. The molecule has 1 aromatic rings. The number of rotatable bonds is 8. The maximum Gasteiger partial charge on any atom is 0.225 e. The molecule has 0 fully saturated rings. The Morgan fingerprint density at radius 1 is 1.28 bits per heavy atom. The fraction of sp³-hybridized carbons (Fsp3) is 0.500. The van der Waals surface area contributed by atoms with Crippen molar-refractivity contribution in [3.05, 3.63) is 24.3 Å². The van der Waals surface area contributed by atoms with Crippen molar-refractivity contribution in [3.8, 4) is 0 Å². The number of nitrogens with two attached hydrogens (primary N) is 1. The summed E-state index contributed by atoms with van der Waals surface area (Å²) >= 11 is 1.84. The van der Waals surface area contributed by atoms with Crippen LogP contribution >= 0.6 is 11.8 Å². The van der Waals surface area contributed by atoms with Crippen molar-refractivity contribution < 1.29 is 4.79 Å². The van der Waals surface area contributed by atoms with Crippen molar-refractivity contribution >= 4 is 29.0 Å². The summed E-state index contributed by atoms with van der Waals surface area (Å²) in [5.74, 6) is 2.06. The van der Waals surface area contributed by atoms with Gasteiger partial charge in [0, 0.05) is 12.2 Å². The van der Waals surface area contributed by atoms with Crippen molar-refractivity contribution in [1.29, 1.82) is 0 Å². The molecular formula is C14H22N2OS. The Kier molecular flexibility index (Phi) is 7.34. The number of hydrogen-bond donors (Lipinski definition) is 2. The number of thioether (sulfide) groups is 1. The molecule has 0 aliphatic heterocycles. The van der Waals surface area contributed by atoms with Gasteiger partial charge < -0.3 is 11.1 Å². The van der Waals surface area contributed by atoms with Crippen LogP contribution in [-0.4, -0.2) is 17.4 Å². The maximum absolute atomic E-state index is 11.7. The summed E-state index contributed by atoms with van der Waals surface area (Å²) in [5, 5.41) is 2.83. The Labute approximate surface area is 114 Å². The lowest BCUT2D eigenvalue weighted by Gasteiger charge is -2.07. The number of unbranched alkanes of at least 4 members (excludes halogenated alkanes) is 2. The quantitative estimate of drug-likeness (QED) is 0.559. The molecule has 3 nitrogen and oxygen atoms in total. The molecule has 0 bridgehead atoms. The Morgan fingerprint density at radius 3 is 2.78 bits per heavy atom. The van der Waals surface area contributed by atoms with Gasteiger partial charge in [-0.15, -0.1) is 0 Å². The van der Waals surface area contributed by atoms with Crippen LogP contribution in [-0.2, 0) is 4.79 Å². The second-order valence-electron chi connectivity index (χ2n) is 4.20. The number of hydrogen-bond acceptors (Lipinski definition) is 3. The van der Waals surface area contributed by atoms with E-state index >= 15 is 0 Å². The second kappa shape index (κ2) is 8.86. The number of anilines is 2. The van der Waals surface area contributed by atoms with E-state index in [-0.39, 0.29) is 5.91 Å². The van der Waals surface area contributed by atoms with Gasteiger partial charge in [-0.25, -0.2) is 0 Å². The molecule has 1 amide bonds. The topological polar surface area (TPSA) is 55.1 Å². The highest BCUT2D eigenvalue weighted by molar-refractivity contribution is 7.99. The van der Waals surface area contributed by atoms with Gasteiger partial charge in [0.25, 0.3) is 0 Å². The van der Waals surface area contributed by atoms with Crippen molar-refractivity contribution in [2.24, 2.45) is 0 Å². The lowest BCUT2D eigenvalue weighted by Crippen LogP contribution is -2.13. The number of carbonyl (C=O) groups is 1. The Morgan fingerprint density at radius 2 is 2.06 bits per heavy atom. The first-order valence-corrected chi connectivity index (χ1v) is 7.61. The van der Waals surface area contributed by atoms with Crippen LogP contribution in [0.25, 0.3) is 0 Å². The van der Waals surface area contributed by atoms with Crippen molar-refractivity contribution in [2.45, 2.75) is 32.6 Å². The molecular weight excluding hydrogens is 244 g/mol. The van der Waals surface area contributed by atoms with E-state index in [1.807, 2.05) is 30.0 Å². The van der Waals surface area contributed by atoms with E-state index in [0.29, 0.717) is 17.8 Å². The summed E-state index contributed by atoms with van der Waals surface area (Å²) in [5.41, 5.74) is 7.08. The standard InChI is InChI=1S/C14H22N2OS/c1-2-3-6-10-18-11-9-14(17)16-13-8-5-4-7-12(13)15/h4-5,7-8H,2-3,6,9-11,15H2,1H3,(H,16,17). The van der Waals surface area contributed by atoms with Gasteiger partial charge >= 0.3 is 0 Å². The largest absolute Gasteiger partial charge is 0.397 e.